The van der Waals surface area contributed by atoms with Crippen LogP contribution in [0.25, 0.3) is 11.1 Å². The number of rotatable bonds is 8. The number of hydrogen-bond donors (Lipinski definition) is 4. The lowest BCUT2D eigenvalue weighted by Gasteiger charge is -2.34. The van der Waals surface area contributed by atoms with Crippen molar-refractivity contribution < 1.29 is 24.6 Å². The van der Waals surface area contributed by atoms with Crippen LogP contribution in [0, 0.1) is 11.8 Å². The van der Waals surface area contributed by atoms with Crippen molar-refractivity contribution in [3.05, 3.63) is 57.6 Å². The van der Waals surface area contributed by atoms with Crippen LogP contribution in [0.2, 0.25) is 10.0 Å². The lowest BCUT2D eigenvalue weighted by molar-refractivity contribution is -0.140. The molecule has 4 N–H and O–H groups in total. The van der Waals surface area contributed by atoms with Gasteiger partial charge in [0, 0.05) is 34.0 Å². The average molecular weight is 533 g/mol. The van der Waals surface area contributed by atoms with Gasteiger partial charge in [0.2, 0.25) is 5.91 Å². The Balaban J connectivity index is 1.60. The molecule has 3 unspecified atom stereocenters. The monoisotopic (exact) mass is 532 g/mol. The molecule has 36 heavy (non-hydrogen) atoms. The molecule has 2 aromatic carbocycles. The molecule has 0 spiro atoms. The summed E-state index contributed by atoms with van der Waals surface area (Å²) in [5.74, 6) is -1.64. The third kappa shape index (κ3) is 5.69. The van der Waals surface area contributed by atoms with E-state index in [2.05, 4.69) is 10.6 Å². The predicted octanol–water partition coefficient (Wildman–Crippen LogP) is 4.64. The zero-order valence-electron chi connectivity index (χ0n) is 19.8. The second-order valence-corrected chi connectivity index (χ2v) is 10.4. The van der Waals surface area contributed by atoms with Gasteiger partial charge in [-0.25, -0.2) is 4.79 Å². The van der Waals surface area contributed by atoms with Gasteiger partial charge in [0.25, 0.3) is 5.91 Å². The third-order valence-corrected chi connectivity index (χ3v) is 7.99. The number of aliphatic carboxylic acids is 1. The number of carboxylic acid groups (broad SMARTS) is 1. The highest BCUT2D eigenvalue weighted by Gasteiger charge is 2.40. The summed E-state index contributed by atoms with van der Waals surface area (Å²) in [5.41, 5.74) is 2.66. The molecular formula is C27H30Cl2N2O5. The van der Waals surface area contributed by atoms with Gasteiger partial charge in [-0.15, -0.1) is 0 Å². The second-order valence-electron chi connectivity index (χ2n) is 9.59. The Morgan fingerprint density at radius 1 is 1.00 bits per heavy atom. The van der Waals surface area contributed by atoms with Crippen molar-refractivity contribution >= 4 is 41.0 Å². The molecule has 1 aliphatic heterocycles. The van der Waals surface area contributed by atoms with E-state index in [1.807, 2.05) is 12.1 Å². The summed E-state index contributed by atoms with van der Waals surface area (Å²) in [6, 6.07) is 8.94. The molecule has 192 valence electrons. The first-order valence-electron chi connectivity index (χ1n) is 12.3. The number of amides is 2. The molecule has 1 aliphatic carbocycles. The molecule has 2 amide bonds. The Morgan fingerprint density at radius 3 is 2.17 bits per heavy atom. The van der Waals surface area contributed by atoms with Crippen molar-refractivity contribution in [1.82, 2.24) is 10.6 Å². The van der Waals surface area contributed by atoms with Crippen LogP contribution in [0.4, 0.5) is 0 Å². The van der Waals surface area contributed by atoms with E-state index in [0.29, 0.717) is 22.5 Å². The van der Waals surface area contributed by atoms with Crippen LogP contribution in [0.15, 0.2) is 36.4 Å². The van der Waals surface area contributed by atoms with Crippen molar-refractivity contribution in [3.8, 4) is 11.1 Å². The number of halogens is 2. The molecule has 4 rings (SSSR count). The number of carbonyl (C=O) groups excluding carboxylic acids is 2. The smallest absolute Gasteiger partial charge is 0.328 e. The van der Waals surface area contributed by atoms with Crippen molar-refractivity contribution in [1.29, 1.82) is 0 Å². The van der Waals surface area contributed by atoms with Gasteiger partial charge < -0.3 is 20.8 Å². The summed E-state index contributed by atoms with van der Waals surface area (Å²) < 4.78 is 0. The number of hydrogen-bond acceptors (Lipinski definition) is 4. The zero-order valence-corrected chi connectivity index (χ0v) is 21.3. The minimum atomic E-state index is -1.37. The minimum Gasteiger partial charge on any atom is -0.480 e. The van der Waals surface area contributed by atoms with Crippen LogP contribution in [-0.2, 0) is 9.59 Å². The molecule has 0 bridgehead atoms. The molecule has 3 atom stereocenters. The molecule has 0 aromatic heterocycles. The Kier molecular flexibility index (Phi) is 8.54. The van der Waals surface area contributed by atoms with Crippen LogP contribution in [0.3, 0.4) is 0 Å². The molecule has 1 saturated heterocycles. The number of aliphatic hydroxyl groups excluding tert-OH is 1. The summed E-state index contributed by atoms with van der Waals surface area (Å²) >= 11 is 13.7. The van der Waals surface area contributed by atoms with Crippen LogP contribution in [-0.4, -0.2) is 47.2 Å². The van der Waals surface area contributed by atoms with Crippen LogP contribution in [0.1, 0.15) is 60.4 Å². The maximum Gasteiger partial charge on any atom is 0.328 e. The van der Waals surface area contributed by atoms with Crippen molar-refractivity contribution in [3.63, 3.8) is 0 Å². The molecule has 2 fully saturated rings. The SMILES string of the molecule is O=C(NC(CO)C(=O)O)c1ccc(-c2cc(Cl)c(C(C3CCCCC3)C3CCNC3=O)c(Cl)c2)cc1. The average Bonchev–Trinajstić information content (AvgIpc) is 3.30. The number of aliphatic hydroxyl groups is 1. The second kappa shape index (κ2) is 11.6. The van der Waals surface area contributed by atoms with Crippen LogP contribution >= 0.6 is 23.2 Å². The molecule has 0 radical (unpaired) electrons. The van der Waals surface area contributed by atoms with E-state index in [1.54, 1.807) is 24.3 Å². The van der Waals surface area contributed by atoms with Crippen molar-refractivity contribution in [2.24, 2.45) is 11.8 Å². The van der Waals surface area contributed by atoms with Crippen LogP contribution < -0.4 is 10.6 Å². The van der Waals surface area contributed by atoms with E-state index < -0.39 is 24.5 Å². The molecule has 9 heteroatoms. The van der Waals surface area contributed by atoms with Gasteiger partial charge >= 0.3 is 5.97 Å². The fourth-order valence-corrected chi connectivity index (χ4v) is 6.26. The first kappa shape index (κ1) is 26.5. The first-order chi connectivity index (χ1) is 17.3. The van der Waals surface area contributed by atoms with Gasteiger partial charge in [0.1, 0.15) is 0 Å². The van der Waals surface area contributed by atoms with E-state index in [-0.39, 0.29) is 23.3 Å². The zero-order chi connectivity index (χ0) is 25.8. The highest BCUT2D eigenvalue weighted by molar-refractivity contribution is 6.36. The maximum absolute atomic E-state index is 12.7. The summed E-state index contributed by atoms with van der Waals surface area (Å²) in [4.78, 5) is 36.1. The van der Waals surface area contributed by atoms with Gasteiger partial charge in [-0.1, -0.05) is 54.6 Å². The largest absolute Gasteiger partial charge is 0.480 e. The number of carboxylic acids is 1. The summed E-state index contributed by atoms with van der Waals surface area (Å²) in [6.45, 7) is -0.0294. The first-order valence-corrected chi connectivity index (χ1v) is 13.1. The van der Waals surface area contributed by atoms with Gasteiger partial charge in [-0.3, -0.25) is 9.59 Å². The van der Waals surface area contributed by atoms with E-state index in [0.717, 1.165) is 48.8 Å². The van der Waals surface area contributed by atoms with E-state index in [1.165, 1.54) is 6.42 Å². The number of benzene rings is 2. The quantitative estimate of drug-likeness (QED) is 0.395. The maximum atomic E-state index is 12.7. The third-order valence-electron chi connectivity index (χ3n) is 7.36. The highest BCUT2D eigenvalue weighted by atomic mass is 35.5. The van der Waals surface area contributed by atoms with E-state index >= 15 is 0 Å². The van der Waals surface area contributed by atoms with E-state index in [4.69, 9.17) is 33.4 Å². The molecule has 2 aromatic rings. The van der Waals surface area contributed by atoms with Gasteiger partial charge in [-0.05, 0) is 66.1 Å². The lowest BCUT2D eigenvalue weighted by Crippen LogP contribution is -2.43. The summed E-state index contributed by atoms with van der Waals surface area (Å²) in [7, 11) is 0. The molecule has 1 saturated carbocycles. The molecule has 1 heterocycles. The lowest BCUT2D eigenvalue weighted by atomic mass is 9.70. The van der Waals surface area contributed by atoms with Gasteiger partial charge in [0.05, 0.1) is 6.61 Å². The Morgan fingerprint density at radius 2 is 1.64 bits per heavy atom. The molecular weight excluding hydrogens is 503 g/mol. The Bertz CT molecular complexity index is 1110. The number of nitrogens with one attached hydrogen (secondary N) is 2. The van der Waals surface area contributed by atoms with Crippen molar-refractivity contribution in [2.75, 3.05) is 13.2 Å². The highest BCUT2D eigenvalue weighted by Crippen LogP contribution is 2.48. The van der Waals surface area contributed by atoms with Crippen molar-refractivity contribution in [2.45, 2.75) is 50.5 Å². The molecule has 2 aliphatic rings. The topological polar surface area (TPSA) is 116 Å². The molecule has 7 nitrogen and oxygen atoms in total. The predicted molar refractivity (Wildman–Crippen MR) is 138 cm³/mol. The Hall–Kier alpha value is -2.61. The van der Waals surface area contributed by atoms with Gasteiger partial charge in [0.15, 0.2) is 6.04 Å². The van der Waals surface area contributed by atoms with Crippen LogP contribution in [0.5, 0.6) is 0 Å². The number of carbonyl (C=O) groups is 3. The normalized spacial score (nSPS) is 20.0. The van der Waals surface area contributed by atoms with Gasteiger partial charge in [-0.2, -0.15) is 0 Å². The van der Waals surface area contributed by atoms with E-state index in [9.17, 15) is 14.4 Å². The minimum absolute atomic E-state index is 0.0263. The fourth-order valence-electron chi connectivity index (χ4n) is 5.52. The standard InChI is InChI=1S/C27H30Cl2N2O5/c28-20-12-18(15-6-8-17(9-7-15)25(33)31-22(14-32)27(35)36)13-21(29)24(20)23(16-4-2-1-3-5-16)19-10-11-30-26(19)34/h6-9,12-13,16,19,22-23,32H,1-5,10-11,14H2,(H,30,34)(H,31,33)(H,35,36). The Labute approximate surface area is 220 Å². The summed E-state index contributed by atoms with van der Waals surface area (Å²) in [5, 5.41) is 24.4. The summed E-state index contributed by atoms with van der Waals surface area (Å²) in [6.07, 6.45) is 6.40. The fraction of sp³-hybridized carbons (Fsp3) is 0.444.